The number of nitrogens with one attached hydrogen (secondary N) is 1. The van der Waals surface area contributed by atoms with Gasteiger partial charge in [-0.05, 0) is 61.6 Å². The van der Waals surface area contributed by atoms with Crippen molar-refractivity contribution < 1.29 is 19.7 Å². The van der Waals surface area contributed by atoms with Gasteiger partial charge in [0.05, 0.1) is 7.11 Å². The SMILES string of the molecule is COc1ccc(CCC(C)Nc2cccc(CCC(=O)O)c2)cc1O. The fourth-order valence-electron chi connectivity index (χ4n) is 2.70. The van der Waals surface area contributed by atoms with Crippen LogP contribution in [0, 0.1) is 0 Å². The molecule has 5 nitrogen and oxygen atoms in total. The van der Waals surface area contributed by atoms with Gasteiger partial charge in [0.1, 0.15) is 0 Å². The minimum Gasteiger partial charge on any atom is -0.504 e. The Morgan fingerprint density at radius 3 is 2.60 bits per heavy atom. The van der Waals surface area contributed by atoms with Crippen LogP contribution >= 0.6 is 0 Å². The van der Waals surface area contributed by atoms with E-state index in [1.165, 1.54) is 7.11 Å². The van der Waals surface area contributed by atoms with E-state index in [9.17, 15) is 9.90 Å². The van der Waals surface area contributed by atoms with Gasteiger partial charge in [0.2, 0.25) is 0 Å². The van der Waals surface area contributed by atoms with Crippen LogP contribution in [0.15, 0.2) is 42.5 Å². The van der Waals surface area contributed by atoms with Gasteiger partial charge in [0.25, 0.3) is 0 Å². The molecule has 0 aliphatic rings. The van der Waals surface area contributed by atoms with Crippen LogP contribution in [0.25, 0.3) is 0 Å². The maximum absolute atomic E-state index is 10.7. The molecule has 0 spiro atoms. The zero-order chi connectivity index (χ0) is 18.2. The number of aryl methyl sites for hydroxylation is 2. The summed E-state index contributed by atoms with van der Waals surface area (Å²) in [5, 5.41) is 22.1. The number of carboxylic acids is 1. The molecule has 0 amide bonds. The van der Waals surface area contributed by atoms with E-state index in [4.69, 9.17) is 9.84 Å². The summed E-state index contributed by atoms with van der Waals surface area (Å²) in [6.45, 7) is 2.10. The minimum absolute atomic E-state index is 0.139. The highest BCUT2D eigenvalue weighted by molar-refractivity contribution is 5.67. The van der Waals surface area contributed by atoms with Gasteiger partial charge in [-0.3, -0.25) is 4.79 Å². The third-order valence-electron chi connectivity index (χ3n) is 4.08. The number of anilines is 1. The lowest BCUT2D eigenvalue weighted by Crippen LogP contribution is -2.16. The Morgan fingerprint density at radius 2 is 1.92 bits per heavy atom. The van der Waals surface area contributed by atoms with E-state index >= 15 is 0 Å². The van der Waals surface area contributed by atoms with E-state index in [0.717, 1.165) is 29.7 Å². The summed E-state index contributed by atoms with van der Waals surface area (Å²) in [5.41, 5.74) is 3.06. The number of benzene rings is 2. The summed E-state index contributed by atoms with van der Waals surface area (Å²) in [5.74, 6) is -0.144. The molecule has 0 saturated heterocycles. The van der Waals surface area contributed by atoms with E-state index in [1.54, 1.807) is 12.1 Å². The Balaban J connectivity index is 1.87. The number of hydrogen-bond donors (Lipinski definition) is 3. The molecule has 3 N–H and O–H groups in total. The van der Waals surface area contributed by atoms with Crippen LogP contribution in [0.1, 0.15) is 30.9 Å². The second-order valence-electron chi connectivity index (χ2n) is 6.18. The molecule has 0 aliphatic heterocycles. The number of methoxy groups -OCH3 is 1. The van der Waals surface area contributed by atoms with Gasteiger partial charge >= 0.3 is 5.97 Å². The molecule has 0 saturated carbocycles. The largest absolute Gasteiger partial charge is 0.504 e. The summed E-state index contributed by atoms with van der Waals surface area (Å²) in [6, 6.07) is 13.6. The highest BCUT2D eigenvalue weighted by Crippen LogP contribution is 2.27. The van der Waals surface area contributed by atoms with E-state index in [-0.39, 0.29) is 18.2 Å². The fraction of sp³-hybridized carbons (Fsp3) is 0.350. The topological polar surface area (TPSA) is 78.8 Å². The molecule has 1 atom stereocenters. The standard InChI is InChI=1S/C20H25NO4/c1-14(6-7-16-8-10-19(25-2)18(22)13-16)21-17-5-3-4-15(12-17)9-11-20(23)24/h3-5,8,10,12-14,21-22H,6-7,9,11H2,1-2H3,(H,23,24). The third kappa shape index (κ3) is 6.03. The van der Waals surface area contributed by atoms with Crippen molar-refractivity contribution in [1.29, 1.82) is 0 Å². The van der Waals surface area contributed by atoms with Gasteiger partial charge in [0, 0.05) is 18.2 Å². The van der Waals surface area contributed by atoms with Gasteiger partial charge in [-0.15, -0.1) is 0 Å². The molecule has 134 valence electrons. The first-order chi connectivity index (χ1) is 12.0. The molecule has 0 aliphatic carbocycles. The second kappa shape index (κ2) is 8.97. The molecule has 0 bridgehead atoms. The van der Waals surface area contributed by atoms with Crippen LogP contribution in [0.4, 0.5) is 5.69 Å². The Hall–Kier alpha value is -2.69. The number of hydrogen-bond acceptors (Lipinski definition) is 4. The molecule has 2 aromatic rings. The van der Waals surface area contributed by atoms with E-state index in [2.05, 4.69) is 12.2 Å². The van der Waals surface area contributed by atoms with Crippen molar-refractivity contribution in [2.75, 3.05) is 12.4 Å². The molecule has 0 radical (unpaired) electrons. The van der Waals surface area contributed by atoms with Gasteiger partial charge < -0.3 is 20.3 Å². The van der Waals surface area contributed by atoms with Crippen molar-refractivity contribution in [1.82, 2.24) is 0 Å². The zero-order valence-electron chi connectivity index (χ0n) is 14.7. The predicted octanol–water partition coefficient (Wildman–Crippen LogP) is 3.85. The van der Waals surface area contributed by atoms with Crippen molar-refractivity contribution >= 4 is 11.7 Å². The number of aliphatic carboxylic acids is 1. The zero-order valence-corrected chi connectivity index (χ0v) is 14.7. The summed E-state index contributed by atoms with van der Waals surface area (Å²) in [4.78, 5) is 10.7. The van der Waals surface area contributed by atoms with Crippen molar-refractivity contribution in [3.05, 3.63) is 53.6 Å². The van der Waals surface area contributed by atoms with Crippen molar-refractivity contribution in [3.63, 3.8) is 0 Å². The molecule has 5 heteroatoms. The normalized spacial score (nSPS) is 11.8. The molecular formula is C20H25NO4. The minimum atomic E-state index is -0.783. The van der Waals surface area contributed by atoms with Crippen LogP contribution in [-0.2, 0) is 17.6 Å². The fourth-order valence-corrected chi connectivity index (χ4v) is 2.70. The molecular weight excluding hydrogens is 318 g/mol. The van der Waals surface area contributed by atoms with Crippen molar-refractivity contribution in [2.24, 2.45) is 0 Å². The third-order valence-corrected chi connectivity index (χ3v) is 4.08. The quantitative estimate of drug-likeness (QED) is 0.644. The summed E-state index contributed by atoms with van der Waals surface area (Å²) >= 11 is 0. The molecule has 0 fully saturated rings. The van der Waals surface area contributed by atoms with Crippen LogP contribution in [0.3, 0.4) is 0 Å². The summed E-state index contributed by atoms with van der Waals surface area (Å²) in [7, 11) is 1.53. The number of aromatic hydroxyl groups is 1. The van der Waals surface area contributed by atoms with Crippen molar-refractivity contribution in [2.45, 2.75) is 38.6 Å². The highest BCUT2D eigenvalue weighted by Gasteiger charge is 2.07. The average Bonchev–Trinajstić information content (AvgIpc) is 2.58. The number of carboxylic acid groups (broad SMARTS) is 1. The van der Waals surface area contributed by atoms with Crippen LogP contribution in [0.5, 0.6) is 11.5 Å². The maximum atomic E-state index is 10.7. The molecule has 2 aromatic carbocycles. The van der Waals surface area contributed by atoms with E-state index in [0.29, 0.717) is 12.2 Å². The molecule has 25 heavy (non-hydrogen) atoms. The van der Waals surface area contributed by atoms with Crippen LogP contribution in [-0.4, -0.2) is 29.3 Å². The Labute approximate surface area is 148 Å². The van der Waals surface area contributed by atoms with E-state index in [1.807, 2.05) is 30.3 Å². The van der Waals surface area contributed by atoms with Crippen LogP contribution in [0.2, 0.25) is 0 Å². The Kier molecular flexibility index (Phi) is 6.69. The Bertz CT molecular complexity index is 715. The number of ether oxygens (including phenoxy) is 1. The Morgan fingerprint density at radius 1 is 1.16 bits per heavy atom. The second-order valence-corrected chi connectivity index (χ2v) is 6.18. The number of rotatable bonds is 9. The van der Waals surface area contributed by atoms with Gasteiger partial charge in [-0.25, -0.2) is 0 Å². The molecule has 0 heterocycles. The number of phenols is 1. The summed E-state index contributed by atoms with van der Waals surface area (Å²) in [6.07, 6.45) is 2.42. The molecule has 0 aromatic heterocycles. The van der Waals surface area contributed by atoms with Crippen molar-refractivity contribution in [3.8, 4) is 11.5 Å². The smallest absolute Gasteiger partial charge is 0.303 e. The van der Waals surface area contributed by atoms with Crippen LogP contribution < -0.4 is 10.1 Å². The van der Waals surface area contributed by atoms with Gasteiger partial charge in [0.15, 0.2) is 11.5 Å². The molecule has 2 rings (SSSR count). The number of phenolic OH excluding ortho intramolecular Hbond substituents is 1. The lowest BCUT2D eigenvalue weighted by molar-refractivity contribution is -0.136. The molecule has 1 unspecified atom stereocenters. The first-order valence-electron chi connectivity index (χ1n) is 8.41. The first kappa shape index (κ1) is 18.6. The van der Waals surface area contributed by atoms with Gasteiger partial charge in [-0.2, -0.15) is 0 Å². The van der Waals surface area contributed by atoms with E-state index < -0.39 is 5.97 Å². The van der Waals surface area contributed by atoms with Gasteiger partial charge in [-0.1, -0.05) is 18.2 Å². The lowest BCUT2D eigenvalue weighted by atomic mass is 10.0. The maximum Gasteiger partial charge on any atom is 0.303 e. The first-order valence-corrected chi connectivity index (χ1v) is 8.41. The monoisotopic (exact) mass is 343 g/mol. The highest BCUT2D eigenvalue weighted by atomic mass is 16.5. The summed E-state index contributed by atoms with van der Waals surface area (Å²) < 4.78 is 5.05. The predicted molar refractivity (Wildman–Crippen MR) is 98.5 cm³/mol. The average molecular weight is 343 g/mol. The lowest BCUT2D eigenvalue weighted by Gasteiger charge is -2.16. The number of carbonyl (C=O) groups is 1.